The highest BCUT2D eigenvalue weighted by atomic mass is 28.4. The largest absolute Gasteiger partial charge is 0.497 e. The molecule has 7 rings (SSSR count). The number of nitrogens with zero attached hydrogens (tertiary/aromatic N) is 6. The van der Waals surface area contributed by atoms with Crippen LogP contribution in [0.2, 0.25) is 18.1 Å². The maximum atomic E-state index is 13.8. The second-order valence-corrected chi connectivity index (χ2v) is 21.4. The van der Waals surface area contributed by atoms with Gasteiger partial charge in [0.2, 0.25) is 11.7 Å². The number of methoxy groups -OCH3 is 2. The lowest BCUT2D eigenvalue weighted by Gasteiger charge is -2.46. The summed E-state index contributed by atoms with van der Waals surface area (Å²) in [5.74, 6) is 1.33. The smallest absolute Gasteiger partial charge is 0.435 e. The molecule has 54 heavy (non-hydrogen) atoms. The predicted molar refractivity (Wildman–Crippen MR) is 205 cm³/mol. The molecule has 2 amide bonds. The molecule has 2 atom stereocenters. The van der Waals surface area contributed by atoms with Crippen molar-refractivity contribution < 1.29 is 38.1 Å². The Kier molecular flexibility index (Phi) is 8.72. The third-order valence-electron chi connectivity index (χ3n) is 11.0. The van der Waals surface area contributed by atoms with Crippen molar-refractivity contribution >= 4 is 60.5 Å². The topological polar surface area (TPSA) is 170 Å². The fourth-order valence-electron chi connectivity index (χ4n) is 7.15. The predicted octanol–water partition coefficient (Wildman–Crippen LogP) is 7.03. The Balaban J connectivity index is 1.22. The van der Waals surface area contributed by atoms with Gasteiger partial charge in [0.05, 0.1) is 36.9 Å². The molecule has 1 aliphatic carbocycles. The molecule has 3 aliphatic rings. The van der Waals surface area contributed by atoms with Gasteiger partial charge in [-0.05, 0) is 86.8 Å². The summed E-state index contributed by atoms with van der Waals surface area (Å²) in [7, 11) is 1.12. The average molecular weight is 758 g/mol. The number of carbonyl (C=O) groups is 3. The van der Waals surface area contributed by atoms with Gasteiger partial charge < -0.3 is 34.0 Å². The van der Waals surface area contributed by atoms with Crippen LogP contribution >= 0.6 is 0 Å². The van der Waals surface area contributed by atoms with Crippen LogP contribution in [0.5, 0.6) is 11.5 Å². The lowest BCUT2D eigenvalue weighted by atomic mass is 9.91. The van der Waals surface area contributed by atoms with Gasteiger partial charge in [-0.25, -0.2) is 24.5 Å². The molecule has 15 nitrogen and oxygen atoms in total. The van der Waals surface area contributed by atoms with Crippen molar-refractivity contribution in [2.45, 2.75) is 89.1 Å². The quantitative estimate of drug-likeness (QED) is 0.176. The van der Waals surface area contributed by atoms with Gasteiger partial charge in [-0.1, -0.05) is 26.8 Å². The molecule has 2 fully saturated rings. The Morgan fingerprint density at radius 1 is 0.981 bits per heavy atom. The van der Waals surface area contributed by atoms with Gasteiger partial charge in [-0.3, -0.25) is 4.79 Å². The highest BCUT2D eigenvalue weighted by molar-refractivity contribution is 6.74. The number of ether oxygens (including phenoxy) is 3. The normalized spacial score (nSPS) is 19.9. The minimum atomic E-state index is -1.95. The van der Waals surface area contributed by atoms with Crippen molar-refractivity contribution in [3.63, 3.8) is 0 Å². The minimum Gasteiger partial charge on any atom is -0.497 e. The molecule has 1 spiro atoms. The molecule has 286 valence electrons. The molecule has 0 bridgehead atoms. The highest BCUT2D eigenvalue weighted by Gasteiger charge is 2.68. The van der Waals surface area contributed by atoms with Crippen LogP contribution < -0.4 is 24.6 Å². The van der Waals surface area contributed by atoms with Crippen molar-refractivity contribution in [2.24, 2.45) is 0 Å². The second-order valence-electron chi connectivity index (χ2n) is 16.7. The van der Waals surface area contributed by atoms with E-state index in [0.717, 1.165) is 10.5 Å². The number of amides is 2. The lowest BCUT2D eigenvalue weighted by molar-refractivity contribution is -0.119. The molecular formula is C38H47N7O8Si. The number of carboxylic acid groups (broad SMARTS) is 1. The van der Waals surface area contributed by atoms with Crippen molar-refractivity contribution in [1.82, 2.24) is 19.7 Å². The van der Waals surface area contributed by atoms with Crippen molar-refractivity contribution in [1.29, 1.82) is 0 Å². The first-order chi connectivity index (χ1) is 25.3. The summed E-state index contributed by atoms with van der Waals surface area (Å²) in [6, 6.07) is 10.5. The van der Waals surface area contributed by atoms with Crippen LogP contribution in [0.1, 0.15) is 65.0 Å². The number of rotatable bonds is 8. The van der Waals surface area contributed by atoms with Crippen LogP contribution in [0.4, 0.5) is 32.7 Å². The maximum absolute atomic E-state index is 13.8. The summed E-state index contributed by atoms with van der Waals surface area (Å²) < 4.78 is 24.8. The number of hydrogen-bond donors (Lipinski definition) is 2. The Bertz CT molecular complexity index is 2190. The number of imide groups is 1. The molecule has 2 aliphatic heterocycles. The van der Waals surface area contributed by atoms with Gasteiger partial charge in [-0.15, -0.1) is 5.10 Å². The van der Waals surface area contributed by atoms with E-state index < -0.39 is 37.4 Å². The van der Waals surface area contributed by atoms with E-state index in [1.165, 1.54) is 18.1 Å². The van der Waals surface area contributed by atoms with E-state index in [0.29, 0.717) is 70.6 Å². The van der Waals surface area contributed by atoms with Crippen LogP contribution in [0, 0.1) is 0 Å². The van der Waals surface area contributed by atoms with Gasteiger partial charge in [0.1, 0.15) is 17.7 Å². The number of aromatic nitrogens is 4. The number of nitrogens with one attached hydrogen (secondary N) is 1. The number of hydrogen-bond acceptors (Lipinski definition) is 12. The molecule has 4 aromatic rings. The molecule has 16 heteroatoms. The fraction of sp³-hybridized carbons (Fsp3) is 0.474. The zero-order valence-corrected chi connectivity index (χ0v) is 33.3. The molecule has 2 aromatic carbocycles. The van der Waals surface area contributed by atoms with Gasteiger partial charge in [0, 0.05) is 24.4 Å². The number of carbonyl (C=O) groups excluding carboxylic acids is 2. The third kappa shape index (κ3) is 6.10. The summed E-state index contributed by atoms with van der Waals surface area (Å²) in [4.78, 5) is 51.6. The lowest BCUT2D eigenvalue weighted by Crippen LogP contribution is -2.58. The Hall–Kier alpha value is -5.22. The average Bonchev–Trinajstić information content (AvgIpc) is 3.66. The number of anilines is 4. The summed E-state index contributed by atoms with van der Waals surface area (Å²) in [5.41, 5.74) is 0.173. The molecule has 0 radical (unpaired) electrons. The highest BCUT2D eigenvalue weighted by Crippen LogP contribution is 2.67. The fourth-order valence-corrected chi connectivity index (χ4v) is 8.49. The summed E-state index contributed by atoms with van der Waals surface area (Å²) in [5, 5.41) is 18.6. The molecule has 1 saturated heterocycles. The van der Waals surface area contributed by atoms with E-state index in [2.05, 4.69) is 59.1 Å². The summed E-state index contributed by atoms with van der Waals surface area (Å²) in [6.07, 6.45) is -0.133. The van der Waals surface area contributed by atoms with Gasteiger partial charge in [0.25, 0.3) is 0 Å². The van der Waals surface area contributed by atoms with Gasteiger partial charge >= 0.3 is 12.2 Å². The van der Waals surface area contributed by atoms with E-state index in [1.807, 2.05) is 12.1 Å². The monoisotopic (exact) mass is 757 g/mol. The van der Waals surface area contributed by atoms with E-state index in [-0.39, 0.29) is 17.1 Å². The molecule has 2 N–H and O–H groups in total. The van der Waals surface area contributed by atoms with E-state index in [9.17, 15) is 19.5 Å². The standard InChI is InChI=1S/C38H47N7O8Si/c1-36(2,3)52-35(49)45-28-15-21(26-17-38(26)25-16-22(50-7)12-14-27(25)44(33(38)46)34(47)48)11-13-24(28)30(42-45)41-31-29(51-8)32(40-20-39-31)43-18-23(19-43)53-54(9,10)37(4,5)6/h11-16,20,23,26H,17-19H2,1-10H3,(H,47,48)(H,39,40,41,42)/t26-,38-/m0/s1. The molecule has 0 unspecified atom stereocenters. The molecule has 4 heterocycles. The maximum Gasteiger partial charge on any atom is 0.435 e. The zero-order valence-electron chi connectivity index (χ0n) is 32.3. The van der Waals surface area contributed by atoms with Crippen LogP contribution in [0.3, 0.4) is 0 Å². The van der Waals surface area contributed by atoms with E-state index >= 15 is 0 Å². The van der Waals surface area contributed by atoms with Crippen molar-refractivity contribution in [3.8, 4) is 11.5 Å². The second kappa shape index (κ2) is 12.7. The first-order valence-corrected chi connectivity index (χ1v) is 20.8. The first-order valence-electron chi connectivity index (χ1n) is 17.9. The molecule has 1 saturated carbocycles. The molecular weight excluding hydrogens is 711 g/mol. The van der Waals surface area contributed by atoms with Crippen LogP contribution in [-0.4, -0.2) is 90.3 Å². The summed E-state index contributed by atoms with van der Waals surface area (Å²) >= 11 is 0. The van der Waals surface area contributed by atoms with Crippen LogP contribution in [0.25, 0.3) is 10.9 Å². The number of fused-ring (bicyclic) bond motifs is 3. The zero-order chi connectivity index (χ0) is 39.1. The van der Waals surface area contributed by atoms with Crippen LogP contribution in [-0.2, 0) is 19.4 Å². The summed E-state index contributed by atoms with van der Waals surface area (Å²) in [6.45, 7) is 17.8. The SMILES string of the molecule is COc1ccc2c(c1)[C@]1(C[C@H]1c1ccc3c(Nc4ncnc(N5CC(O[Si](C)(C)C(C)(C)C)C5)c4OC)nn(C(=O)OC(C)(C)C)c3c1)C(=O)N2C(=O)O. The molecule has 2 aromatic heterocycles. The van der Waals surface area contributed by atoms with Gasteiger partial charge in [-0.2, -0.15) is 4.68 Å². The van der Waals surface area contributed by atoms with Crippen molar-refractivity contribution in [2.75, 3.05) is 42.4 Å². The van der Waals surface area contributed by atoms with E-state index in [4.69, 9.17) is 18.6 Å². The first kappa shape index (κ1) is 37.1. The van der Waals surface area contributed by atoms with Crippen LogP contribution in [0.15, 0.2) is 42.7 Å². The Labute approximate surface area is 314 Å². The Morgan fingerprint density at radius 3 is 2.33 bits per heavy atom. The van der Waals surface area contributed by atoms with Gasteiger partial charge in [0.15, 0.2) is 25.8 Å². The minimum absolute atomic E-state index is 0.0810. The third-order valence-corrected chi connectivity index (χ3v) is 15.5. The Morgan fingerprint density at radius 2 is 1.70 bits per heavy atom. The number of benzene rings is 2. The van der Waals surface area contributed by atoms with Crippen molar-refractivity contribution in [3.05, 3.63) is 53.9 Å². The van der Waals surface area contributed by atoms with E-state index in [1.54, 1.807) is 52.1 Å².